The molecule has 2 N–H and O–H groups in total. The van der Waals surface area contributed by atoms with Gasteiger partial charge in [-0.2, -0.15) is 4.31 Å². The Kier molecular flexibility index (Phi) is 10.6. The first kappa shape index (κ1) is 32.6. The maximum Gasteiger partial charge on any atom is 0.410 e. The first-order valence-corrected chi connectivity index (χ1v) is 16.3. The van der Waals surface area contributed by atoms with Crippen LogP contribution >= 0.6 is 11.6 Å². The molecule has 3 amide bonds. The van der Waals surface area contributed by atoms with E-state index >= 15 is 0 Å². The van der Waals surface area contributed by atoms with Gasteiger partial charge in [-0.3, -0.25) is 9.59 Å². The van der Waals surface area contributed by atoms with E-state index in [1.54, 1.807) is 24.3 Å². The molecule has 1 unspecified atom stereocenters. The van der Waals surface area contributed by atoms with Gasteiger partial charge in [-0.1, -0.05) is 84.4 Å². The van der Waals surface area contributed by atoms with Crippen molar-refractivity contribution in [3.63, 3.8) is 0 Å². The van der Waals surface area contributed by atoms with E-state index in [4.69, 9.17) is 16.3 Å². The van der Waals surface area contributed by atoms with E-state index in [1.165, 1.54) is 17.0 Å². The van der Waals surface area contributed by atoms with E-state index in [-0.39, 0.29) is 48.7 Å². The van der Waals surface area contributed by atoms with E-state index < -0.39 is 28.1 Å². The first-order chi connectivity index (χ1) is 22.2. The van der Waals surface area contributed by atoms with Crippen molar-refractivity contribution >= 4 is 39.5 Å². The molecule has 1 aliphatic rings. The van der Waals surface area contributed by atoms with Gasteiger partial charge in [-0.15, -0.1) is 0 Å². The summed E-state index contributed by atoms with van der Waals surface area (Å²) in [5, 5.41) is 5.68. The quantitative estimate of drug-likeness (QED) is 0.245. The number of halogens is 1. The minimum Gasteiger partial charge on any atom is -0.445 e. The molecule has 0 radical (unpaired) electrons. The minimum absolute atomic E-state index is 0.0198. The summed E-state index contributed by atoms with van der Waals surface area (Å²) in [6, 6.07) is 26.4. The molecule has 4 aromatic rings. The fraction of sp³-hybridized carbons (Fsp3) is 0.212. The van der Waals surface area contributed by atoms with Crippen LogP contribution in [-0.4, -0.2) is 66.2 Å². The van der Waals surface area contributed by atoms with Gasteiger partial charge in [-0.25, -0.2) is 18.2 Å². The van der Waals surface area contributed by atoms with Crippen LogP contribution in [0.5, 0.6) is 0 Å². The molecule has 1 fully saturated rings. The molecule has 0 bridgehead atoms. The van der Waals surface area contributed by atoms with Crippen molar-refractivity contribution < 1.29 is 27.5 Å². The fourth-order valence-corrected chi connectivity index (χ4v) is 6.47. The van der Waals surface area contributed by atoms with Crippen LogP contribution in [0.1, 0.15) is 27.0 Å². The number of rotatable bonds is 10. The molecule has 1 aliphatic heterocycles. The molecule has 46 heavy (non-hydrogen) atoms. The van der Waals surface area contributed by atoms with Crippen molar-refractivity contribution in [3.8, 4) is 0 Å². The highest BCUT2D eigenvalue weighted by Crippen LogP contribution is 2.24. The van der Waals surface area contributed by atoms with Crippen molar-refractivity contribution in [1.82, 2.24) is 24.8 Å². The Balaban J connectivity index is 1.37. The Morgan fingerprint density at radius 1 is 0.935 bits per heavy atom. The number of benzene rings is 3. The number of hydrogen-bond acceptors (Lipinski definition) is 7. The highest BCUT2D eigenvalue weighted by atomic mass is 35.5. The van der Waals surface area contributed by atoms with E-state index in [0.717, 1.165) is 21.6 Å². The Bertz CT molecular complexity index is 1760. The van der Waals surface area contributed by atoms with Crippen LogP contribution < -0.4 is 10.6 Å². The summed E-state index contributed by atoms with van der Waals surface area (Å²) in [5.74, 6) is -0.860. The average Bonchev–Trinajstić information content (AvgIpc) is 3.27. The van der Waals surface area contributed by atoms with Crippen LogP contribution in [-0.2, 0) is 39.3 Å². The second-order valence-corrected chi connectivity index (χ2v) is 12.8. The molecule has 1 aromatic heterocycles. The number of amides is 3. The molecule has 1 atom stereocenters. The van der Waals surface area contributed by atoms with Crippen LogP contribution in [0.25, 0.3) is 0 Å². The summed E-state index contributed by atoms with van der Waals surface area (Å²) in [5.41, 5.74) is 2.63. The van der Waals surface area contributed by atoms with Crippen LogP contribution in [0.4, 0.5) is 4.79 Å². The maximum atomic E-state index is 14.1. The molecule has 0 aliphatic carbocycles. The maximum absolute atomic E-state index is 14.1. The van der Waals surface area contributed by atoms with Crippen molar-refractivity contribution in [2.75, 3.05) is 19.6 Å². The molecule has 238 valence electrons. The van der Waals surface area contributed by atoms with Gasteiger partial charge in [0.15, 0.2) is 0 Å². The lowest BCUT2D eigenvalue weighted by Gasteiger charge is -2.31. The predicted octanol–water partition coefficient (Wildman–Crippen LogP) is 3.99. The standard InChI is InChI=1S/C33H32ClN5O6S/c34-30-16-15-28(20-36-30)46(43,44)39(21-25-11-13-27(14-12-25)31(40)37-19-24-7-3-1-4-8-24)29-22-38(18-17-35-32(29)41)33(42)45-23-26-9-5-2-6-10-26/h1-16,20,29H,17-19,21-23H2,(H,35,41)(H,37,40). The summed E-state index contributed by atoms with van der Waals surface area (Å²) in [6.07, 6.45) is 0.437. The van der Waals surface area contributed by atoms with Crippen LogP contribution in [0.2, 0.25) is 5.15 Å². The Hall–Kier alpha value is -4.78. The topological polar surface area (TPSA) is 138 Å². The molecule has 3 aromatic carbocycles. The van der Waals surface area contributed by atoms with E-state index in [2.05, 4.69) is 15.6 Å². The van der Waals surface area contributed by atoms with Crippen molar-refractivity contribution in [1.29, 1.82) is 0 Å². The summed E-state index contributed by atoms with van der Waals surface area (Å²) in [4.78, 5) is 44.3. The normalized spacial score (nSPS) is 15.1. The van der Waals surface area contributed by atoms with Crippen LogP contribution in [0, 0.1) is 0 Å². The first-order valence-electron chi connectivity index (χ1n) is 14.5. The summed E-state index contributed by atoms with van der Waals surface area (Å²) in [7, 11) is -4.34. The SMILES string of the molecule is O=C(NCc1ccccc1)c1ccc(CN(C2CN(C(=O)OCc3ccccc3)CCNC2=O)S(=O)(=O)c2ccc(Cl)nc2)cc1. The monoisotopic (exact) mass is 661 g/mol. The van der Waals surface area contributed by atoms with E-state index in [1.807, 2.05) is 60.7 Å². The number of nitrogens with zero attached hydrogens (tertiary/aromatic N) is 3. The molecule has 1 saturated heterocycles. The number of aromatic nitrogens is 1. The van der Waals surface area contributed by atoms with E-state index in [0.29, 0.717) is 17.7 Å². The number of carbonyl (C=O) groups excluding carboxylic acids is 3. The van der Waals surface area contributed by atoms with E-state index in [9.17, 15) is 22.8 Å². The van der Waals surface area contributed by atoms with Gasteiger partial charge >= 0.3 is 6.09 Å². The zero-order valence-corrected chi connectivity index (χ0v) is 26.3. The number of carbonyl (C=O) groups is 3. The van der Waals surface area contributed by atoms with Crippen LogP contribution in [0.15, 0.2) is 108 Å². The third-order valence-electron chi connectivity index (χ3n) is 7.35. The fourth-order valence-electron chi connectivity index (χ4n) is 4.85. The number of pyridine rings is 1. The Labute approximate surface area is 272 Å². The minimum atomic E-state index is -4.34. The summed E-state index contributed by atoms with van der Waals surface area (Å²) in [6.45, 7) is 0.120. The second kappa shape index (κ2) is 15.0. The molecule has 0 saturated carbocycles. The smallest absolute Gasteiger partial charge is 0.410 e. The zero-order chi connectivity index (χ0) is 32.5. The lowest BCUT2D eigenvalue weighted by atomic mass is 10.1. The number of nitrogens with one attached hydrogen (secondary N) is 2. The second-order valence-electron chi connectivity index (χ2n) is 10.5. The zero-order valence-electron chi connectivity index (χ0n) is 24.7. The van der Waals surface area contributed by atoms with Gasteiger partial charge in [0.1, 0.15) is 22.7 Å². The third kappa shape index (κ3) is 8.27. The molecule has 5 rings (SSSR count). The van der Waals surface area contributed by atoms with Gasteiger partial charge in [-0.05, 0) is 41.0 Å². The van der Waals surface area contributed by atoms with Gasteiger partial charge in [0.2, 0.25) is 15.9 Å². The number of ether oxygens (including phenoxy) is 1. The summed E-state index contributed by atoms with van der Waals surface area (Å²) >= 11 is 5.92. The lowest BCUT2D eigenvalue weighted by Crippen LogP contribution is -2.52. The number of hydrogen-bond donors (Lipinski definition) is 2. The van der Waals surface area contributed by atoms with Gasteiger partial charge < -0.3 is 20.3 Å². The summed E-state index contributed by atoms with van der Waals surface area (Å²) < 4.78 is 34.6. The largest absolute Gasteiger partial charge is 0.445 e. The Morgan fingerprint density at radius 2 is 1.61 bits per heavy atom. The highest BCUT2D eigenvalue weighted by Gasteiger charge is 2.40. The lowest BCUT2D eigenvalue weighted by molar-refractivity contribution is -0.124. The molecule has 13 heteroatoms. The van der Waals surface area contributed by atoms with Gasteiger partial charge in [0, 0.05) is 44.5 Å². The predicted molar refractivity (Wildman–Crippen MR) is 171 cm³/mol. The number of sulfonamides is 1. The third-order valence-corrected chi connectivity index (χ3v) is 9.41. The van der Waals surface area contributed by atoms with Gasteiger partial charge in [0.25, 0.3) is 5.91 Å². The molecule has 2 heterocycles. The average molecular weight is 662 g/mol. The van der Waals surface area contributed by atoms with Crippen LogP contribution in [0.3, 0.4) is 0 Å². The molecular formula is C33H32ClN5O6S. The molecule has 11 nitrogen and oxygen atoms in total. The van der Waals surface area contributed by atoms with Crippen molar-refractivity contribution in [2.45, 2.75) is 30.6 Å². The van der Waals surface area contributed by atoms with Crippen molar-refractivity contribution in [3.05, 3.63) is 131 Å². The Morgan fingerprint density at radius 3 is 2.26 bits per heavy atom. The molecule has 0 spiro atoms. The highest BCUT2D eigenvalue weighted by molar-refractivity contribution is 7.89. The van der Waals surface area contributed by atoms with Crippen molar-refractivity contribution in [2.24, 2.45) is 0 Å². The van der Waals surface area contributed by atoms with Gasteiger partial charge in [0.05, 0.1) is 0 Å². The molecular weight excluding hydrogens is 630 g/mol.